The molecule has 0 unspecified atom stereocenters. The van der Waals surface area contributed by atoms with Gasteiger partial charge >= 0.3 is 5.97 Å². The molecular weight excluding hydrogens is 268 g/mol. The number of ether oxygens (including phenoxy) is 2. The van der Waals surface area contributed by atoms with Crippen LogP contribution in [-0.2, 0) is 4.79 Å². The average molecular weight is 284 g/mol. The summed E-state index contributed by atoms with van der Waals surface area (Å²) in [4.78, 5) is 10.8. The fourth-order valence-electron chi connectivity index (χ4n) is 1.76. The monoisotopic (exact) mass is 284 g/mol. The number of hydrogen-bond donors (Lipinski definition) is 1. The van der Waals surface area contributed by atoms with Gasteiger partial charge in [0.05, 0.1) is 7.11 Å². The first-order valence-corrected chi connectivity index (χ1v) is 6.42. The van der Waals surface area contributed by atoms with E-state index >= 15 is 0 Å². The zero-order chi connectivity index (χ0) is 15.2. The lowest BCUT2D eigenvalue weighted by Gasteiger charge is -2.07. The molecule has 0 aliphatic heterocycles. The number of carbonyl (C=O) groups is 1. The first kappa shape index (κ1) is 14.7. The van der Waals surface area contributed by atoms with Crippen molar-refractivity contribution >= 4 is 12.0 Å². The standard InChI is InChI=1S/C17H16O4/c1-12(17(18)19)10-13-4-3-5-16(11-13)21-15-8-6-14(20-2)7-9-15/h3-11H,1-2H3,(H,18,19)/b12-10+. The lowest BCUT2D eigenvalue weighted by atomic mass is 10.1. The molecule has 0 saturated heterocycles. The summed E-state index contributed by atoms with van der Waals surface area (Å²) in [6.07, 6.45) is 1.60. The van der Waals surface area contributed by atoms with E-state index in [4.69, 9.17) is 14.6 Å². The highest BCUT2D eigenvalue weighted by molar-refractivity contribution is 5.91. The minimum atomic E-state index is -0.934. The summed E-state index contributed by atoms with van der Waals surface area (Å²) in [5, 5.41) is 8.89. The van der Waals surface area contributed by atoms with Gasteiger partial charge in [0.2, 0.25) is 0 Å². The SMILES string of the molecule is COc1ccc(Oc2cccc(/C=C(\C)C(=O)O)c2)cc1. The smallest absolute Gasteiger partial charge is 0.331 e. The molecule has 1 N–H and O–H groups in total. The van der Waals surface area contributed by atoms with Gasteiger partial charge in [0.1, 0.15) is 17.2 Å². The molecule has 2 aromatic carbocycles. The second-order valence-corrected chi connectivity index (χ2v) is 4.48. The van der Waals surface area contributed by atoms with Crippen molar-refractivity contribution in [2.75, 3.05) is 7.11 Å². The van der Waals surface area contributed by atoms with Crippen LogP contribution in [0.4, 0.5) is 0 Å². The van der Waals surface area contributed by atoms with Crippen molar-refractivity contribution in [2.45, 2.75) is 6.92 Å². The highest BCUT2D eigenvalue weighted by atomic mass is 16.5. The molecule has 0 heterocycles. The highest BCUT2D eigenvalue weighted by Gasteiger charge is 2.02. The predicted octanol–water partition coefficient (Wildman–Crippen LogP) is 3.98. The van der Waals surface area contributed by atoms with Gasteiger partial charge in [-0.25, -0.2) is 4.79 Å². The largest absolute Gasteiger partial charge is 0.497 e. The van der Waals surface area contributed by atoms with E-state index in [1.807, 2.05) is 42.5 Å². The third-order valence-corrected chi connectivity index (χ3v) is 2.87. The van der Waals surface area contributed by atoms with Gasteiger partial charge in [0, 0.05) is 5.57 Å². The normalized spacial score (nSPS) is 11.0. The molecule has 2 rings (SSSR count). The average Bonchev–Trinajstić information content (AvgIpc) is 2.48. The Morgan fingerprint density at radius 3 is 2.33 bits per heavy atom. The lowest BCUT2D eigenvalue weighted by molar-refractivity contribution is -0.132. The number of carboxylic acids is 1. The van der Waals surface area contributed by atoms with Gasteiger partial charge < -0.3 is 14.6 Å². The van der Waals surface area contributed by atoms with Crippen LogP contribution in [0.1, 0.15) is 12.5 Å². The molecule has 0 fully saturated rings. The van der Waals surface area contributed by atoms with Gasteiger partial charge in [0.25, 0.3) is 0 Å². The quantitative estimate of drug-likeness (QED) is 0.844. The maximum atomic E-state index is 10.8. The van der Waals surface area contributed by atoms with Crippen molar-refractivity contribution in [1.82, 2.24) is 0 Å². The van der Waals surface area contributed by atoms with Crippen molar-refractivity contribution in [2.24, 2.45) is 0 Å². The minimum absolute atomic E-state index is 0.275. The number of benzene rings is 2. The van der Waals surface area contributed by atoms with Crippen LogP contribution in [0.5, 0.6) is 17.2 Å². The van der Waals surface area contributed by atoms with Gasteiger partial charge in [-0.05, 0) is 55.0 Å². The fourth-order valence-corrected chi connectivity index (χ4v) is 1.76. The van der Waals surface area contributed by atoms with E-state index in [0.29, 0.717) is 11.5 Å². The Balaban J connectivity index is 2.17. The summed E-state index contributed by atoms with van der Waals surface area (Å²) in [6, 6.07) is 14.5. The number of hydrogen-bond acceptors (Lipinski definition) is 3. The van der Waals surface area contributed by atoms with Crippen LogP contribution in [0.15, 0.2) is 54.1 Å². The van der Waals surface area contributed by atoms with Crippen LogP contribution in [0.25, 0.3) is 6.08 Å². The van der Waals surface area contributed by atoms with E-state index in [0.717, 1.165) is 11.3 Å². The summed E-state index contributed by atoms with van der Waals surface area (Å²) in [5.41, 5.74) is 1.05. The van der Waals surface area contributed by atoms with Crippen LogP contribution in [-0.4, -0.2) is 18.2 Å². The Morgan fingerprint density at radius 1 is 1.05 bits per heavy atom. The molecule has 0 bridgehead atoms. The number of aliphatic carboxylic acids is 1. The molecule has 108 valence electrons. The van der Waals surface area contributed by atoms with E-state index < -0.39 is 5.97 Å². The molecule has 2 aromatic rings. The zero-order valence-corrected chi connectivity index (χ0v) is 11.9. The Kier molecular flexibility index (Phi) is 4.61. The summed E-state index contributed by atoms with van der Waals surface area (Å²) in [5.74, 6) is 1.16. The van der Waals surface area contributed by atoms with E-state index in [9.17, 15) is 4.79 Å². The van der Waals surface area contributed by atoms with E-state index in [1.165, 1.54) is 0 Å². The van der Waals surface area contributed by atoms with E-state index in [1.54, 1.807) is 26.2 Å². The van der Waals surface area contributed by atoms with Gasteiger partial charge in [-0.2, -0.15) is 0 Å². The van der Waals surface area contributed by atoms with Gasteiger partial charge in [0.15, 0.2) is 0 Å². The second kappa shape index (κ2) is 6.61. The number of methoxy groups -OCH3 is 1. The second-order valence-electron chi connectivity index (χ2n) is 4.48. The maximum absolute atomic E-state index is 10.8. The molecule has 0 saturated carbocycles. The first-order chi connectivity index (χ1) is 10.1. The molecule has 0 atom stereocenters. The molecule has 4 heteroatoms. The molecule has 0 radical (unpaired) electrons. The summed E-state index contributed by atoms with van der Waals surface area (Å²) >= 11 is 0. The minimum Gasteiger partial charge on any atom is -0.497 e. The Morgan fingerprint density at radius 2 is 1.71 bits per heavy atom. The molecule has 0 aliphatic carbocycles. The summed E-state index contributed by atoms with van der Waals surface area (Å²) in [6.45, 7) is 1.55. The molecule has 0 aliphatic rings. The van der Waals surface area contributed by atoms with Crippen molar-refractivity contribution in [3.05, 3.63) is 59.7 Å². The Bertz CT molecular complexity index is 657. The first-order valence-electron chi connectivity index (χ1n) is 6.42. The summed E-state index contributed by atoms with van der Waals surface area (Å²) < 4.78 is 10.8. The summed E-state index contributed by atoms with van der Waals surface area (Å²) in [7, 11) is 1.61. The molecule has 0 aromatic heterocycles. The topological polar surface area (TPSA) is 55.8 Å². The third-order valence-electron chi connectivity index (χ3n) is 2.87. The van der Waals surface area contributed by atoms with Crippen molar-refractivity contribution < 1.29 is 19.4 Å². The fraction of sp³-hybridized carbons (Fsp3) is 0.118. The Hall–Kier alpha value is -2.75. The van der Waals surface area contributed by atoms with Crippen molar-refractivity contribution in [3.8, 4) is 17.2 Å². The number of rotatable bonds is 5. The van der Waals surface area contributed by atoms with Gasteiger partial charge in [-0.1, -0.05) is 12.1 Å². The molecule has 0 spiro atoms. The molecular formula is C17H16O4. The van der Waals surface area contributed by atoms with Crippen LogP contribution in [0.3, 0.4) is 0 Å². The van der Waals surface area contributed by atoms with Crippen LogP contribution in [0.2, 0.25) is 0 Å². The zero-order valence-electron chi connectivity index (χ0n) is 11.9. The Labute approximate surface area is 123 Å². The van der Waals surface area contributed by atoms with E-state index in [2.05, 4.69) is 0 Å². The van der Waals surface area contributed by atoms with Crippen molar-refractivity contribution in [3.63, 3.8) is 0 Å². The van der Waals surface area contributed by atoms with Crippen LogP contribution < -0.4 is 9.47 Å². The van der Waals surface area contributed by atoms with E-state index in [-0.39, 0.29) is 5.57 Å². The van der Waals surface area contributed by atoms with Crippen molar-refractivity contribution in [1.29, 1.82) is 0 Å². The third kappa shape index (κ3) is 4.11. The predicted molar refractivity (Wildman–Crippen MR) is 80.8 cm³/mol. The molecule has 4 nitrogen and oxygen atoms in total. The van der Waals surface area contributed by atoms with Crippen LogP contribution in [0, 0.1) is 0 Å². The lowest BCUT2D eigenvalue weighted by Crippen LogP contribution is -1.95. The van der Waals surface area contributed by atoms with Crippen LogP contribution >= 0.6 is 0 Å². The number of carboxylic acid groups (broad SMARTS) is 1. The molecule has 21 heavy (non-hydrogen) atoms. The highest BCUT2D eigenvalue weighted by Crippen LogP contribution is 2.25. The molecule has 0 amide bonds. The van der Waals surface area contributed by atoms with Gasteiger partial charge in [-0.15, -0.1) is 0 Å². The maximum Gasteiger partial charge on any atom is 0.331 e. The van der Waals surface area contributed by atoms with Gasteiger partial charge in [-0.3, -0.25) is 0 Å².